The lowest BCUT2D eigenvalue weighted by atomic mass is 10.2. The van der Waals surface area contributed by atoms with Crippen molar-refractivity contribution in [2.24, 2.45) is 0 Å². The van der Waals surface area contributed by atoms with Crippen molar-refractivity contribution in [1.29, 1.82) is 0 Å². The third kappa shape index (κ3) is 4.53. The van der Waals surface area contributed by atoms with E-state index in [-0.39, 0.29) is 5.91 Å². The number of aromatic nitrogens is 3. The molecular formula is C23H22N6O2S. The molecular weight excluding hydrogens is 424 g/mol. The Morgan fingerprint density at radius 1 is 1.00 bits per heavy atom. The van der Waals surface area contributed by atoms with Gasteiger partial charge in [-0.05, 0) is 43.3 Å². The second kappa shape index (κ2) is 8.89. The van der Waals surface area contributed by atoms with Crippen molar-refractivity contribution in [2.75, 3.05) is 41.8 Å². The highest BCUT2D eigenvalue weighted by Crippen LogP contribution is 2.24. The number of para-hydroxylation sites is 1. The van der Waals surface area contributed by atoms with Gasteiger partial charge < -0.3 is 20.3 Å². The zero-order valence-corrected chi connectivity index (χ0v) is 18.4. The zero-order chi connectivity index (χ0) is 21.9. The van der Waals surface area contributed by atoms with Crippen LogP contribution in [0.1, 0.15) is 15.5 Å². The molecule has 2 N–H and O–H groups in total. The third-order valence-corrected chi connectivity index (χ3v) is 6.07. The van der Waals surface area contributed by atoms with Crippen LogP contribution in [0.25, 0.3) is 10.2 Å². The monoisotopic (exact) mass is 446 g/mol. The fourth-order valence-corrected chi connectivity index (χ4v) is 4.32. The highest BCUT2D eigenvalue weighted by Gasteiger charge is 2.15. The van der Waals surface area contributed by atoms with Gasteiger partial charge in [0.15, 0.2) is 5.01 Å². The van der Waals surface area contributed by atoms with Gasteiger partial charge in [-0.1, -0.05) is 12.1 Å². The first-order valence-electron chi connectivity index (χ1n) is 10.4. The van der Waals surface area contributed by atoms with Crippen molar-refractivity contribution >= 4 is 50.6 Å². The quantitative estimate of drug-likeness (QED) is 0.474. The van der Waals surface area contributed by atoms with Gasteiger partial charge in [0.05, 0.1) is 23.4 Å². The van der Waals surface area contributed by atoms with E-state index in [0.29, 0.717) is 29.9 Å². The van der Waals surface area contributed by atoms with Gasteiger partial charge in [-0.2, -0.15) is 4.98 Å². The maximum Gasteiger partial charge on any atom is 0.284 e. The van der Waals surface area contributed by atoms with Gasteiger partial charge >= 0.3 is 0 Å². The molecule has 3 heterocycles. The SMILES string of the molecule is Cc1cc(Nc2ccc(NC(=O)c3nc4ccccc4s3)cc2)nc(N2CCOCC2)n1. The molecule has 0 aliphatic carbocycles. The van der Waals surface area contributed by atoms with Crippen molar-refractivity contribution in [3.63, 3.8) is 0 Å². The number of hydrogen-bond donors (Lipinski definition) is 2. The van der Waals surface area contributed by atoms with E-state index in [2.05, 4.69) is 30.5 Å². The van der Waals surface area contributed by atoms with E-state index in [0.717, 1.165) is 40.5 Å². The lowest BCUT2D eigenvalue weighted by Crippen LogP contribution is -2.37. The summed E-state index contributed by atoms with van der Waals surface area (Å²) in [5, 5.41) is 6.68. The highest BCUT2D eigenvalue weighted by molar-refractivity contribution is 7.20. The van der Waals surface area contributed by atoms with Crippen LogP contribution >= 0.6 is 11.3 Å². The number of nitrogens with zero attached hydrogens (tertiary/aromatic N) is 4. The van der Waals surface area contributed by atoms with Crippen LogP contribution in [0.5, 0.6) is 0 Å². The molecule has 0 radical (unpaired) electrons. The minimum Gasteiger partial charge on any atom is -0.378 e. The molecule has 0 saturated carbocycles. The zero-order valence-electron chi connectivity index (χ0n) is 17.5. The summed E-state index contributed by atoms with van der Waals surface area (Å²) >= 11 is 1.38. The van der Waals surface area contributed by atoms with E-state index in [1.165, 1.54) is 11.3 Å². The first-order valence-corrected chi connectivity index (χ1v) is 11.2. The summed E-state index contributed by atoms with van der Waals surface area (Å²) in [7, 11) is 0. The Morgan fingerprint density at radius 3 is 2.53 bits per heavy atom. The summed E-state index contributed by atoms with van der Waals surface area (Å²) in [4.78, 5) is 28.3. The summed E-state index contributed by atoms with van der Waals surface area (Å²) in [6, 6.07) is 17.1. The fraction of sp³-hybridized carbons (Fsp3) is 0.217. The maximum absolute atomic E-state index is 12.6. The fourth-order valence-electron chi connectivity index (χ4n) is 3.46. The summed E-state index contributed by atoms with van der Waals surface area (Å²) in [5.74, 6) is 1.22. The van der Waals surface area contributed by atoms with Crippen LogP contribution < -0.4 is 15.5 Å². The molecule has 8 nitrogen and oxygen atoms in total. The van der Waals surface area contributed by atoms with E-state index >= 15 is 0 Å². The Balaban J connectivity index is 1.26. The molecule has 1 amide bonds. The molecule has 9 heteroatoms. The molecule has 2 aromatic heterocycles. The molecule has 4 aromatic rings. The Morgan fingerprint density at radius 2 is 1.75 bits per heavy atom. The Labute approximate surface area is 189 Å². The van der Waals surface area contributed by atoms with Crippen molar-refractivity contribution in [1.82, 2.24) is 15.0 Å². The predicted molar refractivity (Wildman–Crippen MR) is 127 cm³/mol. The lowest BCUT2D eigenvalue weighted by Gasteiger charge is -2.27. The molecule has 5 rings (SSSR count). The molecule has 0 bridgehead atoms. The van der Waals surface area contributed by atoms with E-state index in [1.807, 2.05) is 61.5 Å². The second-order valence-electron chi connectivity index (χ2n) is 7.44. The minimum absolute atomic E-state index is 0.214. The summed E-state index contributed by atoms with van der Waals surface area (Å²) in [6.45, 7) is 4.89. The highest BCUT2D eigenvalue weighted by atomic mass is 32.1. The van der Waals surface area contributed by atoms with Crippen molar-refractivity contribution in [2.45, 2.75) is 6.92 Å². The van der Waals surface area contributed by atoms with Crippen LogP contribution in [0.4, 0.5) is 23.1 Å². The van der Waals surface area contributed by atoms with Gasteiger partial charge in [0.1, 0.15) is 5.82 Å². The molecule has 1 aliphatic heterocycles. The molecule has 0 unspecified atom stereocenters. The summed E-state index contributed by atoms with van der Waals surface area (Å²) < 4.78 is 6.41. The predicted octanol–water partition coefficient (Wildman–Crippen LogP) is 4.23. The Bertz CT molecular complexity index is 1220. The normalized spacial score (nSPS) is 13.8. The number of benzene rings is 2. The van der Waals surface area contributed by atoms with Crippen molar-refractivity contribution in [3.8, 4) is 0 Å². The second-order valence-corrected chi connectivity index (χ2v) is 8.47. The van der Waals surface area contributed by atoms with Crippen LogP contribution in [0.2, 0.25) is 0 Å². The Kier molecular flexibility index (Phi) is 5.66. The van der Waals surface area contributed by atoms with Crippen molar-refractivity contribution in [3.05, 3.63) is 65.3 Å². The molecule has 32 heavy (non-hydrogen) atoms. The average molecular weight is 447 g/mol. The van der Waals surface area contributed by atoms with Gasteiger partial charge in [-0.3, -0.25) is 4.79 Å². The molecule has 162 valence electrons. The van der Waals surface area contributed by atoms with Crippen LogP contribution in [-0.4, -0.2) is 47.2 Å². The first kappa shape index (κ1) is 20.3. The van der Waals surface area contributed by atoms with E-state index in [9.17, 15) is 4.79 Å². The van der Waals surface area contributed by atoms with Crippen LogP contribution in [-0.2, 0) is 4.74 Å². The topological polar surface area (TPSA) is 92.3 Å². The molecule has 1 aliphatic rings. The maximum atomic E-state index is 12.6. The number of morpholine rings is 1. The van der Waals surface area contributed by atoms with Gasteiger partial charge in [-0.15, -0.1) is 11.3 Å². The molecule has 1 fully saturated rings. The van der Waals surface area contributed by atoms with Crippen LogP contribution in [0.15, 0.2) is 54.6 Å². The number of amides is 1. The number of hydrogen-bond acceptors (Lipinski definition) is 8. The molecule has 1 saturated heterocycles. The number of aryl methyl sites for hydroxylation is 1. The summed E-state index contributed by atoms with van der Waals surface area (Å²) in [5.41, 5.74) is 3.30. The summed E-state index contributed by atoms with van der Waals surface area (Å²) in [6.07, 6.45) is 0. The third-order valence-electron chi connectivity index (χ3n) is 5.04. The smallest absolute Gasteiger partial charge is 0.284 e. The Hall–Kier alpha value is -3.56. The molecule has 0 spiro atoms. The van der Waals surface area contributed by atoms with Gasteiger partial charge in [-0.25, -0.2) is 9.97 Å². The van der Waals surface area contributed by atoms with E-state index < -0.39 is 0 Å². The van der Waals surface area contributed by atoms with Crippen molar-refractivity contribution < 1.29 is 9.53 Å². The number of fused-ring (bicyclic) bond motifs is 1. The number of carbonyl (C=O) groups excluding carboxylic acids is 1. The number of rotatable bonds is 5. The van der Waals surface area contributed by atoms with Crippen LogP contribution in [0, 0.1) is 6.92 Å². The van der Waals surface area contributed by atoms with Crippen LogP contribution in [0.3, 0.4) is 0 Å². The first-order chi connectivity index (χ1) is 15.6. The number of nitrogens with one attached hydrogen (secondary N) is 2. The number of anilines is 4. The van der Waals surface area contributed by atoms with Gasteiger partial charge in [0.25, 0.3) is 5.91 Å². The molecule has 2 aromatic carbocycles. The number of carbonyl (C=O) groups is 1. The standard InChI is InChI=1S/C23H22N6O2S/c1-15-14-20(28-23(24-15)29-10-12-31-13-11-29)25-16-6-8-17(9-7-16)26-21(30)22-27-18-4-2-3-5-19(18)32-22/h2-9,14H,10-13H2,1H3,(H,26,30)(H,24,25,28). The number of thiazole rings is 1. The largest absolute Gasteiger partial charge is 0.378 e. The van der Waals surface area contributed by atoms with E-state index in [1.54, 1.807) is 0 Å². The van der Waals surface area contributed by atoms with Gasteiger partial charge in [0.2, 0.25) is 5.95 Å². The average Bonchev–Trinajstić information content (AvgIpc) is 3.25. The lowest BCUT2D eigenvalue weighted by molar-refractivity contribution is 0.102. The van der Waals surface area contributed by atoms with Gasteiger partial charge in [0, 0.05) is 36.2 Å². The molecule has 0 atom stereocenters. The minimum atomic E-state index is -0.214. The van der Waals surface area contributed by atoms with E-state index in [4.69, 9.17) is 4.74 Å². The number of ether oxygens (including phenoxy) is 1.